The highest BCUT2D eigenvalue weighted by Gasteiger charge is 2.26. The number of carbonyl (C=O) groups is 1. The minimum absolute atomic E-state index is 0.0815. The van der Waals surface area contributed by atoms with Crippen LogP contribution in [0.15, 0.2) is 30.7 Å². The number of H-pyrrole nitrogens is 1. The van der Waals surface area contributed by atoms with Crippen LogP contribution in [0, 0.1) is 11.3 Å². The van der Waals surface area contributed by atoms with Crippen LogP contribution in [0.1, 0.15) is 37.2 Å². The molecule has 1 saturated heterocycles. The standard InChI is InChI=1S/C19H19N5O/c20-7-1-4-17(25)24-10-2-3-13(12-24)14-5-8-21-16-11-23-19-15(18(14)16)6-9-22-19/h5-6,8-9,11,13H,1-4,10,12H2,(H,22,23). The lowest BCUT2D eigenvalue weighted by molar-refractivity contribution is -0.132. The highest BCUT2D eigenvalue weighted by Crippen LogP contribution is 2.34. The average Bonchev–Trinajstić information content (AvgIpc) is 3.14. The summed E-state index contributed by atoms with van der Waals surface area (Å²) < 4.78 is 0. The molecule has 3 aromatic rings. The molecule has 1 aliphatic rings. The van der Waals surface area contributed by atoms with Gasteiger partial charge in [0.25, 0.3) is 0 Å². The Labute approximate surface area is 145 Å². The van der Waals surface area contributed by atoms with Gasteiger partial charge >= 0.3 is 0 Å². The highest BCUT2D eigenvalue weighted by molar-refractivity contribution is 6.05. The maximum absolute atomic E-state index is 12.3. The van der Waals surface area contributed by atoms with Crippen molar-refractivity contribution in [2.75, 3.05) is 13.1 Å². The fraction of sp³-hybridized carbons (Fsp3) is 0.368. The minimum Gasteiger partial charge on any atom is -0.346 e. The van der Waals surface area contributed by atoms with Crippen LogP contribution >= 0.6 is 0 Å². The van der Waals surface area contributed by atoms with Crippen molar-refractivity contribution < 1.29 is 4.79 Å². The maximum atomic E-state index is 12.3. The van der Waals surface area contributed by atoms with E-state index in [2.05, 4.69) is 27.1 Å². The summed E-state index contributed by atoms with van der Waals surface area (Å²) in [6, 6.07) is 6.16. The van der Waals surface area contributed by atoms with Crippen LogP contribution in [0.5, 0.6) is 0 Å². The number of aromatic nitrogens is 3. The number of nitriles is 1. The van der Waals surface area contributed by atoms with Crippen LogP contribution in [-0.2, 0) is 4.79 Å². The van der Waals surface area contributed by atoms with E-state index in [1.165, 1.54) is 5.56 Å². The molecule has 4 rings (SSSR count). The summed E-state index contributed by atoms with van der Waals surface area (Å²) in [6.07, 6.45) is 8.15. The largest absolute Gasteiger partial charge is 0.346 e. The van der Waals surface area contributed by atoms with E-state index < -0.39 is 0 Å². The summed E-state index contributed by atoms with van der Waals surface area (Å²) in [5, 5.41) is 10.9. The first-order chi connectivity index (χ1) is 12.3. The molecule has 6 heteroatoms. The van der Waals surface area contributed by atoms with E-state index in [0.717, 1.165) is 41.3 Å². The van der Waals surface area contributed by atoms with Gasteiger partial charge in [0.15, 0.2) is 0 Å². The monoisotopic (exact) mass is 333 g/mol. The second-order valence-corrected chi connectivity index (χ2v) is 6.50. The van der Waals surface area contributed by atoms with Gasteiger partial charge in [0.1, 0.15) is 5.65 Å². The molecule has 25 heavy (non-hydrogen) atoms. The summed E-state index contributed by atoms with van der Waals surface area (Å²) in [5.41, 5.74) is 2.98. The Balaban J connectivity index is 1.70. The Morgan fingerprint density at radius 2 is 2.32 bits per heavy atom. The maximum Gasteiger partial charge on any atom is 0.223 e. The van der Waals surface area contributed by atoms with Crippen molar-refractivity contribution in [2.45, 2.75) is 31.6 Å². The topological polar surface area (TPSA) is 85.7 Å². The fourth-order valence-electron chi connectivity index (χ4n) is 3.80. The van der Waals surface area contributed by atoms with Crippen molar-refractivity contribution >= 4 is 27.8 Å². The van der Waals surface area contributed by atoms with Gasteiger partial charge in [-0.25, -0.2) is 4.98 Å². The second-order valence-electron chi connectivity index (χ2n) is 6.50. The van der Waals surface area contributed by atoms with Crippen LogP contribution in [-0.4, -0.2) is 38.8 Å². The summed E-state index contributed by atoms with van der Waals surface area (Å²) in [5.74, 6) is 0.365. The molecule has 1 amide bonds. The molecule has 4 heterocycles. The first-order valence-electron chi connectivity index (χ1n) is 8.63. The summed E-state index contributed by atoms with van der Waals surface area (Å²) in [7, 11) is 0. The van der Waals surface area contributed by atoms with Crippen LogP contribution in [0.3, 0.4) is 0 Å². The number of carbonyl (C=O) groups excluding carboxylic acids is 1. The molecule has 6 nitrogen and oxygen atoms in total. The van der Waals surface area contributed by atoms with E-state index in [4.69, 9.17) is 5.26 Å². The van der Waals surface area contributed by atoms with Gasteiger partial charge < -0.3 is 9.88 Å². The van der Waals surface area contributed by atoms with Crippen LogP contribution < -0.4 is 0 Å². The number of likely N-dealkylation sites (tertiary alicyclic amines) is 1. The van der Waals surface area contributed by atoms with E-state index in [1.54, 1.807) is 6.20 Å². The Kier molecular flexibility index (Phi) is 4.06. The number of hydrogen-bond acceptors (Lipinski definition) is 4. The van der Waals surface area contributed by atoms with E-state index in [1.807, 2.05) is 23.4 Å². The lowest BCUT2D eigenvalue weighted by Crippen LogP contribution is -2.39. The summed E-state index contributed by atoms with van der Waals surface area (Å²) in [4.78, 5) is 26.3. The lowest BCUT2D eigenvalue weighted by Gasteiger charge is -2.33. The highest BCUT2D eigenvalue weighted by atomic mass is 16.2. The third kappa shape index (κ3) is 2.82. The van der Waals surface area contributed by atoms with Gasteiger partial charge in [-0.1, -0.05) is 0 Å². The normalized spacial score (nSPS) is 17.7. The van der Waals surface area contributed by atoms with Crippen molar-refractivity contribution in [2.24, 2.45) is 0 Å². The van der Waals surface area contributed by atoms with Crippen molar-refractivity contribution in [3.05, 3.63) is 36.3 Å². The molecule has 0 saturated carbocycles. The van der Waals surface area contributed by atoms with Crippen molar-refractivity contribution in [3.63, 3.8) is 0 Å². The number of pyridine rings is 2. The Morgan fingerprint density at radius 1 is 1.40 bits per heavy atom. The molecule has 3 aromatic heterocycles. The van der Waals surface area contributed by atoms with Gasteiger partial charge in [-0.05, 0) is 30.5 Å². The number of rotatable bonds is 3. The summed E-state index contributed by atoms with van der Waals surface area (Å²) >= 11 is 0. The molecule has 0 spiro atoms. The first kappa shape index (κ1) is 15.6. The molecule has 0 radical (unpaired) electrons. The third-order valence-corrected chi connectivity index (χ3v) is 4.99. The van der Waals surface area contributed by atoms with Crippen LogP contribution in [0.4, 0.5) is 0 Å². The van der Waals surface area contributed by atoms with E-state index >= 15 is 0 Å². The fourth-order valence-corrected chi connectivity index (χ4v) is 3.80. The predicted octanol–water partition coefficient (Wildman–Crippen LogP) is 3.12. The zero-order chi connectivity index (χ0) is 17.2. The van der Waals surface area contributed by atoms with E-state index in [9.17, 15) is 4.79 Å². The quantitative estimate of drug-likeness (QED) is 0.798. The molecule has 1 unspecified atom stereocenters. The first-order valence-corrected chi connectivity index (χ1v) is 8.63. The molecule has 1 N–H and O–H groups in total. The molecular formula is C19H19N5O. The number of nitrogens with zero attached hydrogens (tertiary/aromatic N) is 4. The van der Waals surface area contributed by atoms with Crippen LogP contribution in [0.25, 0.3) is 21.9 Å². The van der Waals surface area contributed by atoms with Crippen molar-refractivity contribution in [3.8, 4) is 6.07 Å². The number of hydrogen-bond donors (Lipinski definition) is 1. The Hall–Kier alpha value is -2.94. The average molecular weight is 333 g/mol. The lowest BCUT2D eigenvalue weighted by atomic mass is 9.88. The molecule has 0 aromatic carbocycles. The zero-order valence-electron chi connectivity index (χ0n) is 13.9. The smallest absolute Gasteiger partial charge is 0.223 e. The molecule has 0 bridgehead atoms. The Morgan fingerprint density at radius 3 is 3.20 bits per heavy atom. The minimum atomic E-state index is 0.0815. The van der Waals surface area contributed by atoms with E-state index in [-0.39, 0.29) is 18.2 Å². The predicted molar refractivity (Wildman–Crippen MR) is 94.8 cm³/mol. The molecular weight excluding hydrogens is 314 g/mol. The molecule has 0 aliphatic carbocycles. The SMILES string of the molecule is N#CCCC(=O)N1CCCC(c2ccnc3cnc4[nH]ccc4c23)C1. The summed E-state index contributed by atoms with van der Waals surface area (Å²) in [6.45, 7) is 1.49. The van der Waals surface area contributed by atoms with Crippen molar-refractivity contribution in [1.82, 2.24) is 19.9 Å². The number of amides is 1. The molecule has 1 aliphatic heterocycles. The van der Waals surface area contributed by atoms with Crippen molar-refractivity contribution in [1.29, 1.82) is 5.26 Å². The number of piperidine rings is 1. The van der Waals surface area contributed by atoms with Gasteiger partial charge in [-0.15, -0.1) is 0 Å². The third-order valence-electron chi connectivity index (χ3n) is 4.99. The second kappa shape index (κ2) is 6.52. The van der Waals surface area contributed by atoms with Gasteiger partial charge in [0.05, 0.1) is 17.8 Å². The van der Waals surface area contributed by atoms with Gasteiger partial charge in [-0.3, -0.25) is 9.78 Å². The molecule has 1 atom stereocenters. The zero-order valence-corrected chi connectivity index (χ0v) is 13.9. The van der Waals surface area contributed by atoms with Crippen LogP contribution in [0.2, 0.25) is 0 Å². The number of aromatic amines is 1. The van der Waals surface area contributed by atoms with Gasteiger partial charge in [-0.2, -0.15) is 5.26 Å². The van der Waals surface area contributed by atoms with Gasteiger partial charge in [0.2, 0.25) is 5.91 Å². The van der Waals surface area contributed by atoms with Gasteiger partial charge in [0, 0.05) is 55.0 Å². The number of fused-ring (bicyclic) bond motifs is 3. The number of nitrogens with one attached hydrogen (secondary N) is 1. The Bertz CT molecular complexity index is 971. The van der Waals surface area contributed by atoms with E-state index in [0.29, 0.717) is 13.0 Å². The molecule has 1 fully saturated rings. The molecule has 126 valence electrons.